The van der Waals surface area contributed by atoms with Crippen LogP contribution in [0.5, 0.6) is 23.0 Å². The van der Waals surface area contributed by atoms with Gasteiger partial charge in [-0.05, 0) is 164 Å². The Balaban J connectivity index is 0.778. The molecule has 2 aliphatic rings. The molecule has 0 aliphatic carbocycles. The topological polar surface area (TPSA) is 144 Å². The second-order valence-corrected chi connectivity index (χ2v) is 47.2. The Morgan fingerprint density at radius 1 is 0.179 bits per heavy atom. The lowest BCUT2D eigenvalue weighted by molar-refractivity contribution is 0.344. The maximum absolute atomic E-state index is 7.49. The number of aromatic amines is 2. The number of para-hydroxylation sites is 4. The fraction of sp³-hybridized carbons (Fsp3) is 0.0645. The summed E-state index contributed by atoms with van der Waals surface area (Å²) in [7, 11) is -10.4. The van der Waals surface area contributed by atoms with Crippen molar-refractivity contribution in [3.05, 3.63) is 508 Å². The molecule has 0 amide bonds. The molecule has 0 saturated heterocycles. The van der Waals surface area contributed by atoms with Crippen molar-refractivity contribution in [1.29, 1.82) is 0 Å². The third-order valence-corrected chi connectivity index (χ3v) is 40.5. The van der Waals surface area contributed by atoms with Gasteiger partial charge < -0.3 is 28.9 Å². The Labute approximate surface area is 818 Å². The van der Waals surface area contributed by atoms with Crippen LogP contribution in [-0.4, -0.2) is 71.0 Å². The van der Waals surface area contributed by atoms with Crippen molar-refractivity contribution < 1.29 is 18.9 Å². The molecule has 16 aromatic carbocycles. The molecule has 2 aliphatic heterocycles. The van der Waals surface area contributed by atoms with Crippen LogP contribution in [0.2, 0.25) is 0 Å². The average molecular weight is 1890 g/mol. The SMILES string of the molecule is C1=Cc2nc1c(-c1ccccc1OCCP(=Nc1ccccc1)(c1ccccc1)c1ccccc1)c1ccc([nH]1)c(-c1ccccc1OCCP(=Nc1ccccc1)(c1ccccc1)c1ccccc1)c1nc(c(-c3ccccc3OCCP(=Nc3ccccc3)(c3ccccc3)c3ccccc3)c3ccc([nH]3)c2-c2ccccc2OCCP(=Nc2ccccc2)(c2ccccc2)c2ccccc2)C=C1. The fourth-order valence-corrected chi connectivity index (χ4v) is 32.6. The minimum absolute atomic E-state index is 0.322. The molecule has 0 fully saturated rings. The molecule has 140 heavy (non-hydrogen) atoms. The molecule has 3 aromatic heterocycles. The highest BCUT2D eigenvalue weighted by molar-refractivity contribution is 7.82. The smallest absolute Gasteiger partial charge is 0.127 e. The number of H-pyrrole nitrogens is 2. The minimum Gasteiger partial charge on any atom is -0.492 e. The molecule has 0 unspecified atom stereocenters. The van der Waals surface area contributed by atoms with Crippen LogP contribution in [-0.2, 0) is 0 Å². The summed E-state index contributed by atoms with van der Waals surface area (Å²) < 4.78 is 53.3. The Kier molecular flexibility index (Phi) is 27.5. The van der Waals surface area contributed by atoms with Crippen molar-refractivity contribution in [2.45, 2.75) is 0 Å². The van der Waals surface area contributed by atoms with Crippen LogP contribution >= 0.6 is 28.2 Å². The van der Waals surface area contributed by atoms with Crippen molar-refractivity contribution in [3.8, 4) is 67.5 Å². The second kappa shape index (κ2) is 42.5. The fourth-order valence-electron chi connectivity index (χ4n) is 19.1. The van der Waals surface area contributed by atoms with E-state index >= 15 is 0 Å². The molecule has 682 valence electrons. The van der Waals surface area contributed by atoms with E-state index in [1.54, 1.807) is 0 Å². The first-order valence-electron chi connectivity index (χ1n) is 47.5. The quantitative estimate of drug-likeness (QED) is 0.0402. The zero-order valence-electron chi connectivity index (χ0n) is 77.3. The number of fused-ring (bicyclic) bond motifs is 8. The van der Waals surface area contributed by atoms with Crippen molar-refractivity contribution in [3.63, 3.8) is 0 Å². The van der Waals surface area contributed by atoms with Gasteiger partial charge in [-0.2, -0.15) is 0 Å². The van der Waals surface area contributed by atoms with Gasteiger partial charge in [0.15, 0.2) is 0 Å². The molecule has 0 spiro atoms. The lowest BCUT2D eigenvalue weighted by atomic mass is 10.0. The summed E-state index contributed by atoms with van der Waals surface area (Å²) in [6.45, 7) is 1.29. The van der Waals surface area contributed by atoms with Crippen LogP contribution in [0.25, 0.3) is 90.9 Å². The van der Waals surface area contributed by atoms with Gasteiger partial charge in [0.05, 0.1) is 72.0 Å². The molecule has 2 N–H and O–H groups in total. The standard InChI is InChI=1S/C124H102N8O4P4/c1-13-45-93(46-14-1)129-137(97-53-21-5-22-54-97,98-55-23-6-24-56-98)89-85-133-117-73-41-37-69-105(117)121-109-77-79-111(125-109)122(106-70-38-42-74-118(106)134-86-90-138(99-57-25-7-26-58-99,100-59-27-8-28-60-100)130-94-47-15-2-16-48-94)113-81-83-115(127-113)124(108-72-40-44-76-120(108)136-88-92-140(103-65-33-11-34-66-103,104-67-35-12-36-68-104)132-96-51-19-4-20-52-96)116-84-82-114(128-116)123(112-80-78-110(121)126-112)107-71-39-43-75-119(107)135-87-91-139(101-61-29-9-30-62-101,102-63-31-10-32-64-102)131-95-49-17-3-18-50-95/h1-84,125,128H,85-92H2. The van der Waals surface area contributed by atoms with E-state index in [4.69, 9.17) is 47.9 Å². The molecule has 19 aromatic rings. The first-order valence-corrected chi connectivity index (χ1v) is 55.2. The van der Waals surface area contributed by atoms with Gasteiger partial charge in [0.25, 0.3) is 0 Å². The van der Waals surface area contributed by atoms with Gasteiger partial charge in [-0.25, -0.2) is 9.97 Å². The van der Waals surface area contributed by atoms with E-state index in [-0.39, 0.29) is 0 Å². The summed E-state index contributed by atoms with van der Waals surface area (Å²) in [5.74, 6) is 2.70. The van der Waals surface area contributed by atoms with Gasteiger partial charge in [-0.1, -0.05) is 388 Å². The molecule has 5 heterocycles. The first-order chi connectivity index (χ1) is 69.3. The van der Waals surface area contributed by atoms with Crippen molar-refractivity contribution in [2.24, 2.45) is 19.0 Å². The molecule has 21 rings (SSSR count). The molecule has 0 saturated carbocycles. The second-order valence-electron chi connectivity index (χ2n) is 34.3. The molecule has 8 bridgehead atoms. The van der Waals surface area contributed by atoms with E-state index < -0.39 is 28.2 Å². The number of hydrogen-bond acceptors (Lipinski definition) is 10. The lowest BCUT2D eigenvalue weighted by Gasteiger charge is -2.27. The monoisotopic (exact) mass is 1890 g/mol. The van der Waals surface area contributed by atoms with E-state index in [0.29, 0.717) is 96.8 Å². The number of nitrogens with one attached hydrogen (secondary N) is 2. The lowest BCUT2D eigenvalue weighted by Crippen LogP contribution is -2.21. The molecule has 16 heteroatoms. The highest BCUT2D eigenvalue weighted by atomic mass is 31.2. The number of aromatic nitrogens is 4. The van der Waals surface area contributed by atoms with Crippen LogP contribution in [0.4, 0.5) is 22.7 Å². The van der Waals surface area contributed by atoms with Crippen LogP contribution in [0.3, 0.4) is 0 Å². The van der Waals surface area contributed by atoms with E-state index in [9.17, 15) is 0 Å². The van der Waals surface area contributed by atoms with E-state index in [0.717, 1.165) is 132 Å². The van der Waals surface area contributed by atoms with Gasteiger partial charge in [-0.15, -0.1) is 0 Å². The molecular formula is C124H102N8O4P4. The predicted molar refractivity (Wildman–Crippen MR) is 592 cm³/mol. The van der Waals surface area contributed by atoms with Gasteiger partial charge in [0.1, 0.15) is 23.0 Å². The number of rotatable bonds is 32. The molecule has 12 nitrogen and oxygen atoms in total. The normalized spacial score (nSPS) is 11.9. The highest BCUT2D eigenvalue weighted by Gasteiger charge is 2.33. The summed E-state index contributed by atoms with van der Waals surface area (Å²) >= 11 is 0. The van der Waals surface area contributed by atoms with Gasteiger partial charge in [0.2, 0.25) is 0 Å². The molecule has 0 atom stereocenters. The number of benzene rings is 16. The predicted octanol–water partition coefficient (Wildman–Crippen LogP) is 29.6. The summed E-state index contributed by atoms with van der Waals surface area (Å²) in [6.07, 6.45) is 11.0. The summed E-state index contributed by atoms with van der Waals surface area (Å²) in [5, 5.41) is 9.27. The first kappa shape index (κ1) is 90.7. The number of nitrogens with zero attached hydrogens (tertiary/aromatic N) is 6. The Bertz CT molecular complexity index is 6950. The average Bonchev–Trinajstić information content (AvgIpc) is 1.67. The summed E-state index contributed by atoms with van der Waals surface area (Å²) in [6, 6.07) is 170. The third-order valence-electron chi connectivity index (χ3n) is 25.7. The number of ether oxygens (including phenoxy) is 4. The van der Waals surface area contributed by atoms with Gasteiger partial charge >= 0.3 is 0 Å². The maximum Gasteiger partial charge on any atom is 0.127 e. The maximum atomic E-state index is 7.49. The minimum atomic E-state index is -2.60. The van der Waals surface area contributed by atoms with Crippen molar-refractivity contribution in [2.75, 3.05) is 51.1 Å². The third kappa shape index (κ3) is 19.4. The van der Waals surface area contributed by atoms with E-state index in [1.807, 2.05) is 24.3 Å². The van der Waals surface area contributed by atoms with E-state index in [2.05, 4.69) is 495 Å². The summed E-state index contributed by atoms with van der Waals surface area (Å²) in [4.78, 5) is 20.3. The van der Waals surface area contributed by atoms with Crippen LogP contribution in [0.1, 0.15) is 22.8 Å². The Hall–Kier alpha value is -15.8. The number of hydrogen-bond donors (Lipinski definition) is 2. The van der Waals surface area contributed by atoms with Crippen molar-refractivity contribution in [1.82, 2.24) is 19.9 Å². The van der Waals surface area contributed by atoms with Gasteiger partial charge in [0, 0.05) is 119 Å². The highest BCUT2D eigenvalue weighted by Crippen LogP contribution is 2.56. The summed E-state index contributed by atoms with van der Waals surface area (Å²) in [5.41, 5.74) is 16.1. The van der Waals surface area contributed by atoms with E-state index in [1.165, 1.54) is 0 Å². The van der Waals surface area contributed by atoms with Crippen molar-refractivity contribution >= 4 is 140 Å². The van der Waals surface area contributed by atoms with Crippen LogP contribution in [0, 0.1) is 0 Å². The Morgan fingerprint density at radius 2 is 0.336 bits per heavy atom. The molecular weight excluding hydrogens is 1790 g/mol. The largest absolute Gasteiger partial charge is 0.492 e. The Morgan fingerprint density at radius 3 is 0.514 bits per heavy atom. The zero-order chi connectivity index (χ0) is 94.0. The van der Waals surface area contributed by atoms with Gasteiger partial charge in [-0.3, -0.25) is 19.0 Å². The molecule has 0 radical (unpaired) electrons. The van der Waals surface area contributed by atoms with Crippen LogP contribution < -0.4 is 61.4 Å². The zero-order valence-corrected chi connectivity index (χ0v) is 80.8. The van der Waals surface area contributed by atoms with Crippen LogP contribution in [0.15, 0.2) is 504 Å².